The summed E-state index contributed by atoms with van der Waals surface area (Å²) in [5.74, 6) is -1.62. The van der Waals surface area contributed by atoms with Gasteiger partial charge in [-0.15, -0.1) is 0 Å². The van der Waals surface area contributed by atoms with Gasteiger partial charge in [-0.3, -0.25) is 14.5 Å². The summed E-state index contributed by atoms with van der Waals surface area (Å²) >= 11 is 0. The molecule has 1 aromatic rings. The number of nitrogens with zero attached hydrogens (tertiary/aromatic N) is 2. The van der Waals surface area contributed by atoms with E-state index in [0.717, 1.165) is 10.5 Å². The number of fused-ring (bicyclic) bond motifs is 2. The number of aliphatic hydroxyl groups is 1. The molecule has 2 amide bonds. The number of carbonyl (C=O) groups excluding carboxylic acids is 2. The Morgan fingerprint density at radius 1 is 1.30 bits per heavy atom. The molecular weight excluding hydrogens is 351 g/mol. The zero-order chi connectivity index (χ0) is 19.3. The average molecular weight is 372 g/mol. The Hall–Kier alpha value is -2.67. The molecule has 3 unspecified atom stereocenters. The summed E-state index contributed by atoms with van der Waals surface area (Å²) in [6.45, 7) is 5.71. The molecule has 7 heteroatoms. The Morgan fingerprint density at radius 3 is 2.74 bits per heavy atom. The SMILES string of the molecule is C=C(C)CN1C(=O)COc2cc(F)c(N3C(=O)C4CC=CCC4C3O)cc21. The Kier molecular flexibility index (Phi) is 4.26. The summed E-state index contributed by atoms with van der Waals surface area (Å²) in [5, 5.41) is 10.7. The number of anilines is 2. The maximum absolute atomic E-state index is 14.8. The third-order valence-electron chi connectivity index (χ3n) is 5.34. The topological polar surface area (TPSA) is 70.1 Å². The first-order valence-electron chi connectivity index (χ1n) is 8.95. The highest BCUT2D eigenvalue weighted by Gasteiger charge is 2.48. The van der Waals surface area contributed by atoms with E-state index in [1.807, 2.05) is 12.2 Å². The number of hydrogen-bond acceptors (Lipinski definition) is 4. The van der Waals surface area contributed by atoms with Gasteiger partial charge in [0.05, 0.1) is 11.4 Å². The van der Waals surface area contributed by atoms with Crippen LogP contribution in [0.1, 0.15) is 19.8 Å². The van der Waals surface area contributed by atoms with E-state index in [1.54, 1.807) is 6.92 Å². The van der Waals surface area contributed by atoms with Crippen molar-refractivity contribution in [1.29, 1.82) is 0 Å². The van der Waals surface area contributed by atoms with Crippen LogP contribution in [0.4, 0.5) is 15.8 Å². The van der Waals surface area contributed by atoms with Crippen LogP contribution in [0.3, 0.4) is 0 Å². The summed E-state index contributed by atoms with van der Waals surface area (Å²) in [4.78, 5) is 27.7. The molecule has 1 fully saturated rings. The number of hydrogen-bond donors (Lipinski definition) is 1. The number of amides is 2. The van der Waals surface area contributed by atoms with Crippen molar-refractivity contribution in [2.75, 3.05) is 23.0 Å². The van der Waals surface area contributed by atoms with E-state index >= 15 is 0 Å². The molecule has 0 spiro atoms. The first kappa shape index (κ1) is 17.7. The van der Waals surface area contributed by atoms with E-state index in [9.17, 15) is 19.1 Å². The zero-order valence-corrected chi connectivity index (χ0v) is 15.0. The fraction of sp³-hybridized carbons (Fsp3) is 0.400. The summed E-state index contributed by atoms with van der Waals surface area (Å²) in [7, 11) is 0. The van der Waals surface area contributed by atoms with Crippen molar-refractivity contribution >= 4 is 23.2 Å². The lowest BCUT2D eigenvalue weighted by molar-refractivity contribution is -0.121. The molecule has 3 aliphatic rings. The van der Waals surface area contributed by atoms with Crippen molar-refractivity contribution in [2.24, 2.45) is 11.8 Å². The number of allylic oxidation sites excluding steroid dienone is 2. The molecule has 2 heterocycles. The van der Waals surface area contributed by atoms with Gasteiger partial charge in [-0.05, 0) is 25.8 Å². The molecule has 27 heavy (non-hydrogen) atoms. The number of aliphatic hydroxyl groups excluding tert-OH is 1. The van der Waals surface area contributed by atoms with E-state index in [4.69, 9.17) is 4.74 Å². The third-order valence-corrected chi connectivity index (χ3v) is 5.34. The van der Waals surface area contributed by atoms with Gasteiger partial charge in [0.15, 0.2) is 12.4 Å². The monoisotopic (exact) mass is 372 g/mol. The molecule has 0 aromatic heterocycles. The number of rotatable bonds is 3. The molecule has 0 saturated carbocycles. The highest BCUT2D eigenvalue weighted by atomic mass is 19.1. The summed E-state index contributed by atoms with van der Waals surface area (Å²) in [6.07, 6.45) is 3.86. The second-order valence-corrected chi connectivity index (χ2v) is 7.33. The third kappa shape index (κ3) is 2.82. The van der Waals surface area contributed by atoms with Gasteiger partial charge in [0.25, 0.3) is 5.91 Å². The second kappa shape index (κ2) is 6.49. The molecule has 1 saturated heterocycles. The van der Waals surface area contributed by atoms with Crippen molar-refractivity contribution in [3.05, 3.63) is 42.3 Å². The van der Waals surface area contributed by atoms with Crippen LogP contribution in [0.2, 0.25) is 0 Å². The minimum atomic E-state index is -1.10. The average Bonchev–Trinajstić information content (AvgIpc) is 2.88. The quantitative estimate of drug-likeness (QED) is 0.827. The van der Waals surface area contributed by atoms with Crippen LogP contribution in [0, 0.1) is 17.7 Å². The van der Waals surface area contributed by atoms with Crippen molar-refractivity contribution < 1.29 is 23.8 Å². The van der Waals surface area contributed by atoms with Crippen LogP contribution < -0.4 is 14.5 Å². The van der Waals surface area contributed by atoms with Gasteiger partial charge in [0.2, 0.25) is 5.91 Å². The van der Waals surface area contributed by atoms with E-state index in [2.05, 4.69) is 6.58 Å². The highest BCUT2D eigenvalue weighted by molar-refractivity contribution is 6.02. The predicted octanol–water partition coefficient (Wildman–Crippen LogP) is 2.37. The normalized spacial score (nSPS) is 26.7. The number of carbonyl (C=O) groups is 2. The summed E-state index contributed by atoms with van der Waals surface area (Å²) < 4.78 is 20.2. The van der Waals surface area contributed by atoms with Gasteiger partial charge in [-0.1, -0.05) is 24.3 Å². The first-order valence-corrected chi connectivity index (χ1v) is 8.95. The number of ether oxygens (including phenoxy) is 1. The lowest BCUT2D eigenvalue weighted by atomic mass is 9.85. The molecule has 4 rings (SSSR count). The fourth-order valence-corrected chi connectivity index (χ4v) is 4.05. The molecule has 2 aliphatic heterocycles. The molecule has 1 aliphatic carbocycles. The second-order valence-electron chi connectivity index (χ2n) is 7.33. The predicted molar refractivity (Wildman–Crippen MR) is 97.9 cm³/mol. The van der Waals surface area contributed by atoms with Crippen LogP contribution in [0.5, 0.6) is 5.75 Å². The van der Waals surface area contributed by atoms with Crippen molar-refractivity contribution in [3.63, 3.8) is 0 Å². The van der Waals surface area contributed by atoms with Crippen LogP contribution in [-0.4, -0.2) is 36.3 Å². The Bertz CT molecular complexity index is 866. The number of benzene rings is 1. The van der Waals surface area contributed by atoms with Crippen LogP contribution in [-0.2, 0) is 9.59 Å². The van der Waals surface area contributed by atoms with Gasteiger partial charge in [-0.2, -0.15) is 0 Å². The molecule has 3 atom stereocenters. The van der Waals surface area contributed by atoms with Crippen LogP contribution >= 0.6 is 0 Å². The van der Waals surface area contributed by atoms with E-state index in [-0.39, 0.29) is 48.2 Å². The van der Waals surface area contributed by atoms with Crippen molar-refractivity contribution in [2.45, 2.75) is 26.0 Å². The van der Waals surface area contributed by atoms with Crippen molar-refractivity contribution in [3.8, 4) is 5.75 Å². The largest absolute Gasteiger partial charge is 0.481 e. The maximum atomic E-state index is 14.8. The van der Waals surface area contributed by atoms with Gasteiger partial charge < -0.3 is 14.7 Å². The molecule has 142 valence electrons. The van der Waals surface area contributed by atoms with Crippen molar-refractivity contribution in [1.82, 2.24) is 0 Å². The fourth-order valence-electron chi connectivity index (χ4n) is 4.05. The minimum Gasteiger partial charge on any atom is -0.481 e. The first-order chi connectivity index (χ1) is 12.9. The smallest absolute Gasteiger partial charge is 0.265 e. The van der Waals surface area contributed by atoms with Gasteiger partial charge in [0, 0.05) is 24.4 Å². The zero-order valence-electron chi connectivity index (χ0n) is 15.0. The molecule has 0 bridgehead atoms. The molecule has 6 nitrogen and oxygen atoms in total. The standard InChI is InChI=1S/C20H21FN2O4/c1-11(2)9-22-16-8-15(14(21)7-17(16)27-10-18(22)24)23-19(25)12-5-3-4-6-13(12)20(23)26/h3-4,7-8,12-13,19,25H,1,5-6,9-10H2,2H3. The van der Waals surface area contributed by atoms with E-state index in [0.29, 0.717) is 18.5 Å². The lowest BCUT2D eigenvalue weighted by Gasteiger charge is -2.31. The Labute approximate surface area is 156 Å². The van der Waals surface area contributed by atoms with Gasteiger partial charge >= 0.3 is 0 Å². The summed E-state index contributed by atoms with van der Waals surface area (Å²) in [6, 6.07) is 2.58. The Morgan fingerprint density at radius 2 is 2.04 bits per heavy atom. The van der Waals surface area contributed by atoms with E-state index in [1.165, 1.54) is 17.0 Å². The van der Waals surface area contributed by atoms with Gasteiger partial charge in [0.1, 0.15) is 12.0 Å². The van der Waals surface area contributed by atoms with Crippen LogP contribution in [0.15, 0.2) is 36.4 Å². The van der Waals surface area contributed by atoms with Crippen LogP contribution in [0.25, 0.3) is 0 Å². The Balaban J connectivity index is 1.76. The summed E-state index contributed by atoms with van der Waals surface area (Å²) in [5.41, 5.74) is 1.10. The molecule has 0 radical (unpaired) electrons. The minimum absolute atomic E-state index is 0.0364. The molecular formula is C20H21FN2O4. The van der Waals surface area contributed by atoms with Gasteiger partial charge in [-0.25, -0.2) is 4.39 Å². The molecule has 1 N–H and O–H groups in total. The maximum Gasteiger partial charge on any atom is 0.265 e. The highest BCUT2D eigenvalue weighted by Crippen LogP contribution is 2.44. The lowest BCUT2D eigenvalue weighted by Crippen LogP contribution is -2.40. The number of halogens is 1. The van der Waals surface area contributed by atoms with E-state index < -0.39 is 12.0 Å². The molecule has 1 aromatic carbocycles.